The largest absolute Gasteiger partial charge is 0.398 e. The van der Waals surface area contributed by atoms with Gasteiger partial charge in [-0.2, -0.15) is 4.31 Å². The van der Waals surface area contributed by atoms with Crippen molar-refractivity contribution in [3.63, 3.8) is 0 Å². The van der Waals surface area contributed by atoms with Gasteiger partial charge in [0.2, 0.25) is 10.0 Å². The van der Waals surface area contributed by atoms with E-state index >= 15 is 0 Å². The third kappa shape index (κ3) is 3.28. The minimum atomic E-state index is -3.50. The normalized spacial score (nSPS) is 20.1. The summed E-state index contributed by atoms with van der Waals surface area (Å²) in [6, 6.07) is 4.62. The number of anilines is 1. The van der Waals surface area contributed by atoms with Crippen molar-refractivity contribution in [3.8, 4) is 0 Å². The van der Waals surface area contributed by atoms with Crippen LogP contribution in [0.1, 0.15) is 12.8 Å². The summed E-state index contributed by atoms with van der Waals surface area (Å²) in [4.78, 5) is 0.231. The minimum Gasteiger partial charge on any atom is -0.398 e. The Kier molecular flexibility index (Phi) is 4.50. The molecular weight excluding hydrogens is 332 g/mol. The van der Waals surface area contributed by atoms with Crippen LogP contribution in [0, 0.1) is 0 Å². The van der Waals surface area contributed by atoms with Crippen LogP contribution in [0.4, 0.5) is 5.69 Å². The van der Waals surface area contributed by atoms with Gasteiger partial charge >= 0.3 is 0 Å². The summed E-state index contributed by atoms with van der Waals surface area (Å²) < 4.78 is 32.2. The number of halogens is 1. The Bertz CT molecular complexity index is 556. The van der Waals surface area contributed by atoms with E-state index in [9.17, 15) is 8.42 Å². The smallest absolute Gasteiger partial charge is 0.242 e. The van der Waals surface area contributed by atoms with Gasteiger partial charge in [0.05, 0.1) is 11.0 Å². The number of benzene rings is 1. The van der Waals surface area contributed by atoms with Crippen LogP contribution in [-0.2, 0) is 14.8 Å². The van der Waals surface area contributed by atoms with Crippen LogP contribution in [0.25, 0.3) is 0 Å². The number of hydrogen-bond acceptors (Lipinski definition) is 4. The molecule has 0 amide bonds. The zero-order valence-corrected chi connectivity index (χ0v) is 13.1. The maximum absolute atomic E-state index is 12.4. The summed E-state index contributed by atoms with van der Waals surface area (Å²) in [7, 11) is -1.93. The summed E-state index contributed by atoms with van der Waals surface area (Å²) in [5, 5.41) is 0. The highest BCUT2D eigenvalue weighted by Crippen LogP contribution is 2.25. The van der Waals surface area contributed by atoms with Gasteiger partial charge < -0.3 is 10.5 Å². The first-order valence-electron chi connectivity index (χ1n) is 6.04. The van der Waals surface area contributed by atoms with Crippen LogP contribution in [0.5, 0.6) is 0 Å². The van der Waals surface area contributed by atoms with E-state index in [4.69, 9.17) is 10.5 Å². The van der Waals surface area contributed by atoms with Crippen molar-refractivity contribution >= 4 is 31.6 Å². The molecule has 1 heterocycles. The molecule has 0 saturated carbocycles. The lowest BCUT2D eigenvalue weighted by atomic mass is 10.2. The van der Waals surface area contributed by atoms with Gasteiger partial charge in [-0.25, -0.2) is 8.42 Å². The first-order valence-corrected chi connectivity index (χ1v) is 8.27. The van der Waals surface area contributed by atoms with Crippen molar-refractivity contribution in [2.75, 3.05) is 25.9 Å². The second kappa shape index (κ2) is 5.78. The monoisotopic (exact) mass is 348 g/mol. The van der Waals surface area contributed by atoms with Gasteiger partial charge in [-0.15, -0.1) is 0 Å². The van der Waals surface area contributed by atoms with Crippen LogP contribution in [0.3, 0.4) is 0 Å². The quantitative estimate of drug-likeness (QED) is 0.842. The maximum atomic E-state index is 12.4. The van der Waals surface area contributed by atoms with Crippen LogP contribution in [0.2, 0.25) is 0 Å². The molecule has 1 aromatic carbocycles. The lowest BCUT2D eigenvalue weighted by Gasteiger charge is -2.20. The van der Waals surface area contributed by atoms with Gasteiger partial charge in [0.25, 0.3) is 0 Å². The molecule has 1 aliphatic heterocycles. The molecule has 7 heteroatoms. The van der Waals surface area contributed by atoms with Gasteiger partial charge in [0, 0.05) is 30.4 Å². The Labute approximate surface area is 121 Å². The van der Waals surface area contributed by atoms with Gasteiger partial charge in [0.15, 0.2) is 0 Å². The van der Waals surface area contributed by atoms with E-state index in [1.54, 1.807) is 13.1 Å². The summed E-state index contributed by atoms with van der Waals surface area (Å²) in [5.74, 6) is 0. The van der Waals surface area contributed by atoms with Crippen LogP contribution >= 0.6 is 15.9 Å². The first kappa shape index (κ1) is 14.8. The number of nitrogen functional groups attached to an aromatic ring is 1. The number of ether oxygens (including phenoxy) is 1. The average molecular weight is 349 g/mol. The van der Waals surface area contributed by atoms with E-state index in [1.807, 2.05) is 0 Å². The zero-order valence-electron chi connectivity index (χ0n) is 10.7. The molecule has 5 nitrogen and oxygen atoms in total. The molecule has 0 bridgehead atoms. The highest BCUT2D eigenvalue weighted by Gasteiger charge is 2.26. The number of likely N-dealkylation sites (N-methyl/N-ethyl adjacent to an activating group) is 1. The van der Waals surface area contributed by atoms with Gasteiger partial charge in [-0.05, 0) is 47.0 Å². The highest BCUT2D eigenvalue weighted by molar-refractivity contribution is 9.10. The Morgan fingerprint density at radius 2 is 2.26 bits per heavy atom. The van der Waals surface area contributed by atoms with Crippen molar-refractivity contribution in [1.29, 1.82) is 0 Å². The zero-order chi connectivity index (χ0) is 14.0. The van der Waals surface area contributed by atoms with Crippen LogP contribution in [0.15, 0.2) is 27.6 Å². The molecule has 19 heavy (non-hydrogen) atoms. The topological polar surface area (TPSA) is 72.6 Å². The van der Waals surface area contributed by atoms with E-state index in [0.717, 1.165) is 12.8 Å². The molecule has 0 aromatic heterocycles. The highest BCUT2D eigenvalue weighted by atomic mass is 79.9. The Morgan fingerprint density at radius 1 is 1.53 bits per heavy atom. The number of hydrogen-bond donors (Lipinski definition) is 1. The number of rotatable bonds is 4. The van der Waals surface area contributed by atoms with E-state index in [1.165, 1.54) is 16.4 Å². The molecule has 1 fully saturated rings. The molecule has 0 radical (unpaired) electrons. The first-order chi connectivity index (χ1) is 8.91. The molecule has 1 unspecified atom stereocenters. The Balaban J connectivity index is 2.18. The van der Waals surface area contributed by atoms with Crippen LogP contribution in [-0.4, -0.2) is 39.0 Å². The molecule has 1 saturated heterocycles. The summed E-state index contributed by atoms with van der Waals surface area (Å²) in [6.45, 7) is 1.09. The molecule has 106 valence electrons. The van der Waals surface area contributed by atoms with Crippen molar-refractivity contribution in [2.24, 2.45) is 0 Å². The number of nitrogens with two attached hydrogens (primary N) is 1. The van der Waals surface area contributed by atoms with E-state index in [-0.39, 0.29) is 11.0 Å². The third-order valence-electron chi connectivity index (χ3n) is 3.16. The molecular formula is C12H17BrN2O3S. The fourth-order valence-electron chi connectivity index (χ4n) is 2.02. The van der Waals surface area contributed by atoms with Gasteiger partial charge in [-0.3, -0.25) is 0 Å². The fraction of sp³-hybridized carbons (Fsp3) is 0.500. The van der Waals surface area contributed by atoms with Gasteiger partial charge in [-0.1, -0.05) is 0 Å². The molecule has 1 aromatic rings. The summed E-state index contributed by atoms with van der Waals surface area (Å²) in [6.07, 6.45) is 1.90. The predicted octanol–water partition coefficient (Wildman–Crippen LogP) is 1.83. The Morgan fingerprint density at radius 3 is 2.84 bits per heavy atom. The molecule has 0 spiro atoms. The van der Waals surface area contributed by atoms with Crippen molar-refractivity contribution in [2.45, 2.75) is 23.8 Å². The average Bonchev–Trinajstić information content (AvgIpc) is 2.85. The molecule has 0 aliphatic carbocycles. The van der Waals surface area contributed by atoms with E-state index in [0.29, 0.717) is 23.3 Å². The summed E-state index contributed by atoms with van der Waals surface area (Å²) >= 11 is 3.24. The van der Waals surface area contributed by atoms with Gasteiger partial charge in [0.1, 0.15) is 0 Å². The van der Waals surface area contributed by atoms with Crippen molar-refractivity contribution < 1.29 is 13.2 Å². The fourth-order valence-corrected chi connectivity index (χ4v) is 3.78. The maximum Gasteiger partial charge on any atom is 0.242 e. The second-order valence-corrected chi connectivity index (χ2v) is 7.50. The second-order valence-electron chi connectivity index (χ2n) is 4.60. The third-order valence-corrected chi connectivity index (χ3v) is 5.67. The lowest BCUT2D eigenvalue weighted by molar-refractivity contribution is 0.0979. The number of nitrogens with zero attached hydrogens (tertiary/aromatic N) is 1. The van der Waals surface area contributed by atoms with E-state index < -0.39 is 10.0 Å². The molecule has 2 N–H and O–H groups in total. The lowest BCUT2D eigenvalue weighted by Crippen LogP contribution is -2.34. The van der Waals surface area contributed by atoms with E-state index in [2.05, 4.69) is 15.9 Å². The molecule has 1 atom stereocenters. The van der Waals surface area contributed by atoms with Crippen molar-refractivity contribution in [3.05, 3.63) is 22.7 Å². The predicted molar refractivity (Wildman–Crippen MR) is 77.3 cm³/mol. The molecule has 2 rings (SSSR count). The number of sulfonamides is 1. The van der Waals surface area contributed by atoms with Crippen molar-refractivity contribution in [1.82, 2.24) is 4.31 Å². The standard InChI is InChI=1S/C12H17BrN2O3S/c1-15(8-9-3-2-6-18-9)19(16,17)10-4-5-12(14)11(13)7-10/h4-5,7,9H,2-3,6,8,14H2,1H3. The SMILES string of the molecule is CN(CC1CCCO1)S(=O)(=O)c1ccc(N)c(Br)c1. The minimum absolute atomic E-state index is 0.00278. The van der Waals surface area contributed by atoms with Crippen LogP contribution < -0.4 is 5.73 Å². The summed E-state index contributed by atoms with van der Waals surface area (Å²) in [5.41, 5.74) is 6.18. The molecule has 1 aliphatic rings. The Hall–Kier alpha value is -0.630.